The third-order valence-electron chi connectivity index (χ3n) is 5.56. The van der Waals surface area contributed by atoms with Crippen molar-refractivity contribution < 1.29 is 0 Å². The average Bonchev–Trinajstić information content (AvgIpc) is 3.08. The summed E-state index contributed by atoms with van der Waals surface area (Å²) in [5, 5.41) is 0.792. The molecule has 0 aliphatic heterocycles. The molecular formula is C18H27ClN2. The first-order valence-electron chi connectivity index (χ1n) is 8.32. The maximum Gasteiger partial charge on any atom is 0.0453 e. The van der Waals surface area contributed by atoms with E-state index >= 15 is 0 Å². The molecule has 0 aromatic heterocycles. The summed E-state index contributed by atoms with van der Waals surface area (Å²) in [5.74, 6) is 2.98. The van der Waals surface area contributed by atoms with E-state index in [1.165, 1.54) is 32.2 Å². The van der Waals surface area contributed by atoms with Crippen LogP contribution < -0.4 is 5.73 Å². The molecule has 116 valence electrons. The van der Waals surface area contributed by atoms with Crippen LogP contribution in [0.3, 0.4) is 0 Å². The number of fused-ring (bicyclic) bond motifs is 2. The molecule has 2 nitrogen and oxygen atoms in total. The number of benzene rings is 1. The van der Waals surface area contributed by atoms with Gasteiger partial charge < -0.3 is 10.6 Å². The van der Waals surface area contributed by atoms with Gasteiger partial charge in [-0.3, -0.25) is 0 Å². The van der Waals surface area contributed by atoms with Crippen molar-refractivity contribution in [2.75, 3.05) is 20.1 Å². The molecule has 2 aliphatic carbocycles. The van der Waals surface area contributed by atoms with E-state index in [1.54, 1.807) is 0 Å². The number of halogens is 1. The minimum Gasteiger partial charge on any atom is -0.324 e. The van der Waals surface area contributed by atoms with Crippen molar-refractivity contribution in [3.63, 3.8) is 0 Å². The third-order valence-corrected chi connectivity index (χ3v) is 5.90. The Labute approximate surface area is 133 Å². The molecule has 4 atom stereocenters. The maximum atomic E-state index is 6.30. The normalized spacial score (nSPS) is 29.2. The molecule has 2 N–H and O–H groups in total. The van der Waals surface area contributed by atoms with Crippen LogP contribution in [-0.4, -0.2) is 25.0 Å². The van der Waals surface area contributed by atoms with Crippen LogP contribution in [0.2, 0.25) is 5.02 Å². The van der Waals surface area contributed by atoms with Gasteiger partial charge in [0.05, 0.1) is 0 Å². The van der Waals surface area contributed by atoms with Gasteiger partial charge in [-0.25, -0.2) is 0 Å². The van der Waals surface area contributed by atoms with Crippen molar-refractivity contribution in [2.24, 2.45) is 23.5 Å². The molecule has 1 aromatic carbocycles. The molecule has 0 spiro atoms. The lowest BCUT2D eigenvalue weighted by Gasteiger charge is -2.28. The van der Waals surface area contributed by atoms with Crippen molar-refractivity contribution in [1.82, 2.24) is 4.90 Å². The Hall–Kier alpha value is -0.570. The fourth-order valence-corrected chi connectivity index (χ4v) is 4.66. The van der Waals surface area contributed by atoms with Crippen molar-refractivity contribution in [3.8, 4) is 0 Å². The van der Waals surface area contributed by atoms with E-state index in [-0.39, 0.29) is 6.04 Å². The van der Waals surface area contributed by atoms with Gasteiger partial charge in [-0.05, 0) is 68.7 Å². The van der Waals surface area contributed by atoms with Crippen LogP contribution in [0.5, 0.6) is 0 Å². The number of nitrogens with zero attached hydrogens (tertiary/aromatic N) is 1. The zero-order valence-electron chi connectivity index (χ0n) is 13.0. The second-order valence-electron chi connectivity index (χ2n) is 7.11. The fourth-order valence-electron chi connectivity index (χ4n) is 4.38. The topological polar surface area (TPSA) is 29.3 Å². The number of hydrogen-bond donors (Lipinski definition) is 1. The van der Waals surface area contributed by atoms with E-state index in [9.17, 15) is 0 Å². The summed E-state index contributed by atoms with van der Waals surface area (Å²) >= 11 is 6.22. The monoisotopic (exact) mass is 306 g/mol. The molecule has 4 unspecified atom stereocenters. The Balaban J connectivity index is 1.45. The summed E-state index contributed by atoms with van der Waals surface area (Å²) in [6, 6.07) is 7.99. The molecule has 0 saturated heterocycles. The number of nitrogens with two attached hydrogens (primary N) is 1. The van der Waals surface area contributed by atoms with Gasteiger partial charge >= 0.3 is 0 Å². The first-order valence-corrected chi connectivity index (χ1v) is 8.70. The Morgan fingerprint density at radius 3 is 2.76 bits per heavy atom. The van der Waals surface area contributed by atoms with Crippen LogP contribution in [0, 0.1) is 17.8 Å². The van der Waals surface area contributed by atoms with Crippen molar-refractivity contribution in [3.05, 3.63) is 34.9 Å². The van der Waals surface area contributed by atoms with Crippen LogP contribution in [-0.2, 0) is 0 Å². The van der Waals surface area contributed by atoms with Gasteiger partial charge in [0.15, 0.2) is 0 Å². The van der Waals surface area contributed by atoms with Crippen LogP contribution in [0.1, 0.15) is 43.7 Å². The lowest BCUT2D eigenvalue weighted by molar-refractivity contribution is 0.215. The molecule has 1 aromatic rings. The molecule has 0 heterocycles. The predicted molar refractivity (Wildman–Crippen MR) is 89.4 cm³/mol. The fraction of sp³-hybridized carbons (Fsp3) is 0.667. The summed E-state index contributed by atoms with van der Waals surface area (Å²) in [6.45, 7) is 2.30. The van der Waals surface area contributed by atoms with E-state index in [0.717, 1.165) is 41.3 Å². The molecule has 0 amide bonds. The largest absolute Gasteiger partial charge is 0.324 e. The number of hydrogen-bond acceptors (Lipinski definition) is 2. The summed E-state index contributed by atoms with van der Waals surface area (Å²) in [7, 11) is 2.24. The number of rotatable bonds is 6. The van der Waals surface area contributed by atoms with E-state index in [0.29, 0.717) is 0 Å². The summed E-state index contributed by atoms with van der Waals surface area (Å²) in [4.78, 5) is 2.47. The van der Waals surface area contributed by atoms with Crippen LogP contribution in [0.15, 0.2) is 24.3 Å². The van der Waals surface area contributed by atoms with Gasteiger partial charge in [0.1, 0.15) is 0 Å². The molecule has 2 aliphatic rings. The molecular weight excluding hydrogens is 280 g/mol. The van der Waals surface area contributed by atoms with E-state index in [4.69, 9.17) is 17.3 Å². The standard InChI is InChI=1S/C18H27ClN2/c1-21(12-15-11-13-6-7-14(15)10-13)9-8-18(20)16-4-2-3-5-17(16)19/h2-5,13-15,18H,6-12,20H2,1H3. The van der Waals surface area contributed by atoms with Crippen LogP contribution in [0.25, 0.3) is 0 Å². The highest BCUT2D eigenvalue weighted by atomic mass is 35.5. The minimum absolute atomic E-state index is 0.0428. The Bertz CT molecular complexity index is 476. The van der Waals surface area contributed by atoms with Crippen LogP contribution >= 0.6 is 11.6 Å². The maximum absolute atomic E-state index is 6.30. The summed E-state index contributed by atoms with van der Waals surface area (Å²) in [6.07, 6.45) is 6.90. The van der Waals surface area contributed by atoms with Gasteiger partial charge in [-0.2, -0.15) is 0 Å². The molecule has 2 saturated carbocycles. The van der Waals surface area contributed by atoms with Crippen molar-refractivity contribution in [1.29, 1.82) is 0 Å². The quantitative estimate of drug-likeness (QED) is 0.857. The van der Waals surface area contributed by atoms with Gasteiger partial charge in [-0.1, -0.05) is 36.2 Å². The van der Waals surface area contributed by atoms with Gasteiger partial charge in [-0.15, -0.1) is 0 Å². The molecule has 0 radical (unpaired) electrons. The lowest BCUT2D eigenvalue weighted by Crippen LogP contribution is -2.31. The highest BCUT2D eigenvalue weighted by molar-refractivity contribution is 6.31. The Morgan fingerprint density at radius 2 is 2.10 bits per heavy atom. The Morgan fingerprint density at radius 1 is 1.29 bits per heavy atom. The van der Waals surface area contributed by atoms with Crippen molar-refractivity contribution in [2.45, 2.75) is 38.1 Å². The third kappa shape index (κ3) is 3.61. The van der Waals surface area contributed by atoms with Gasteiger partial charge in [0.2, 0.25) is 0 Å². The average molecular weight is 307 g/mol. The lowest BCUT2D eigenvalue weighted by atomic mass is 9.88. The Kier molecular flexibility index (Phi) is 4.88. The highest BCUT2D eigenvalue weighted by Crippen LogP contribution is 2.48. The first-order chi connectivity index (χ1) is 10.1. The zero-order valence-corrected chi connectivity index (χ0v) is 13.7. The van der Waals surface area contributed by atoms with Crippen LogP contribution in [0.4, 0.5) is 0 Å². The smallest absolute Gasteiger partial charge is 0.0453 e. The van der Waals surface area contributed by atoms with E-state index < -0.39 is 0 Å². The summed E-state index contributed by atoms with van der Waals surface area (Å²) < 4.78 is 0. The molecule has 3 heteroatoms. The van der Waals surface area contributed by atoms with E-state index in [1.807, 2.05) is 24.3 Å². The molecule has 2 bridgehead atoms. The first kappa shape index (κ1) is 15.3. The minimum atomic E-state index is 0.0428. The predicted octanol–water partition coefficient (Wildman–Crippen LogP) is 4.10. The van der Waals surface area contributed by atoms with E-state index in [2.05, 4.69) is 11.9 Å². The highest BCUT2D eigenvalue weighted by Gasteiger charge is 2.39. The second-order valence-corrected chi connectivity index (χ2v) is 7.52. The SMILES string of the molecule is CN(CCC(N)c1ccccc1Cl)CC1CC2CCC1C2. The van der Waals surface area contributed by atoms with Crippen molar-refractivity contribution >= 4 is 11.6 Å². The molecule has 2 fully saturated rings. The molecule has 3 rings (SSSR count). The second kappa shape index (κ2) is 6.68. The van der Waals surface area contributed by atoms with Gasteiger partial charge in [0, 0.05) is 17.6 Å². The molecule has 21 heavy (non-hydrogen) atoms. The zero-order chi connectivity index (χ0) is 14.8. The summed E-state index contributed by atoms with van der Waals surface area (Å²) in [5.41, 5.74) is 7.38. The van der Waals surface area contributed by atoms with Gasteiger partial charge in [0.25, 0.3) is 0 Å².